The maximum atomic E-state index is 14.1. The highest BCUT2D eigenvalue weighted by Gasteiger charge is 2.38. The number of anilines is 1. The highest BCUT2D eigenvalue weighted by Crippen LogP contribution is 2.29. The minimum Gasteiger partial charge on any atom is -0.475 e. The van der Waals surface area contributed by atoms with Crippen molar-refractivity contribution in [2.75, 3.05) is 65.3 Å². The van der Waals surface area contributed by atoms with E-state index in [2.05, 4.69) is 44.1 Å². The lowest BCUT2D eigenvalue weighted by Crippen LogP contribution is -2.50. The Bertz CT molecular complexity index is 1410. The molecule has 18 heteroatoms. The molecule has 2 unspecified atom stereocenters. The molecule has 2 aromatic rings. The van der Waals surface area contributed by atoms with Crippen molar-refractivity contribution >= 4 is 41.0 Å². The summed E-state index contributed by atoms with van der Waals surface area (Å²) in [5, 5.41) is 21.3. The molecule has 2 saturated heterocycles. The summed E-state index contributed by atoms with van der Waals surface area (Å²) >= 11 is 6.38. The van der Waals surface area contributed by atoms with Gasteiger partial charge in [-0.2, -0.15) is 13.2 Å². The van der Waals surface area contributed by atoms with Crippen LogP contribution in [0.1, 0.15) is 47.6 Å². The Morgan fingerprint density at radius 3 is 2.30 bits per heavy atom. The monoisotopic (exact) mass is 686 g/mol. The van der Waals surface area contributed by atoms with Gasteiger partial charge in [-0.05, 0) is 52.4 Å². The lowest BCUT2D eigenvalue weighted by molar-refractivity contribution is -0.384. The van der Waals surface area contributed by atoms with E-state index in [1.807, 2.05) is 0 Å². The fraction of sp³-hybridized carbons (Fsp3) is 0.552. The largest absolute Gasteiger partial charge is 0.490 e. The van der Waals surface area contributed by atoms with Gasteiger partial charge in [-0.1, -0.05) is 11.6 Å². The first-order valence-electron chi connectivity index (χ1n) is 14.9. The number of aliphatic carboxylic acids is 1. The number of aromatic nitrogens is 2. The van der Waals surface area contributed by atoms with Crippen LogP contribution in [-0.2, 0) is 9.59 Å². The van der Waals surface area contributed by atoms with E-state index >= 15 is 0 Å². The minimum absolute atomic E-state index is 0.0378. The number of piperidine rings is 1. The van der Waals surface area contributed by atoms with Gasteiger partial charge in [0.05, 0.1) is 15.5 Å². The number of nitrogens with zero attached hydrogens (tertiary/aromatic N) is 7. The minimum atomic E-state index is -5.08. The third-order valence-corrected chi connectivity index (χ3v) is 8.26. The first kappa shape index (κ1) is 37.4. The summed E-state index contributed by atoms with van der Waals surface area (Å²) in [5.74, 6) is -3.17. The van der Waals surface area contributed by atoms with E-state index in [4.69, 9.17) is 21.5 Å². The fourth-order valence-corrected chi connectivity index (χ4v) is 5.56. The lowest BCUT2D eigenvalue weighted by atomic mass is 10.0. The van der Waals surface area contributed by atoms with E-state index < -0.39 is 34.9 Å². The molecule has 0 spiro atoms. The smallest absolute Gasteiger partial charge is 0.475 e. The second kappa shape index (κ2) is 16.6. The van der Waals surface area contributed by atoms with E-state index in [1.165, 1.54) is 24.1 Å². The molecule has 0 bridgehead atoms. The van der Waals surface area contributed by atoms with Gasteiger partial charge in [-0.15, -0.1) is 0 Å². The second-order valence-electron chi connectivity index (χ2n) is 11.3. The summed E-state index contributed by atoms with van der Waals surface area (Å²) in [7, 11) is 5.62. The van der Waals surface area contributed by atoms with Crippen LogP contribution in [0.25, 0.3) is 0 Å². The van der Waals surface area contributed by atoms with Gasteiger partial charge in [0.2, 0.25) is 11.9 Å². The number of hydrogen-bond acceptors (Lipinski definition) is 10. The van der Waals surface area contributed by atoms with E-state index in [0.29, 0.717) is 24.1 Å². The number of non-ortho nitro benzene ring substituents is 1. The molecule has 2 aliphatic heterocycles. The van der Waals surface area contributed by atoms with Crippen LogP contribution in [0.4, 0.5) is 24.8 Å². The normalized spacial score (nSPS) is 17.4. The molecule has 3 heterocycles. The Morgan fingerprint density at radius 2 is 1.77 bits per heavy atom. The number of hydrogen-bond donors (Lipinski definition) is 2. The number of rotatable bonds is 10. The molecule has 1 aromatic heterocycles. The standard InChI is InChI=1S/C27H37ClN8O4.C2HF3O2/c1-29-25(37)24(19-16-30-27(31-17-19)34-11-4-5-12-34)35(14-13-33-10-6-7-21(18-33)32(2)3)26(38)22-15-20(36(39)40)8-9-23(22)28;3-2(4,5)1(6)7/h8-9,15-17,21,24H,4-7,10-14,18H2,1-3H3,(H,29,37);(H,6,7). The molecule has 258 valence electrons. The average molecular weight is 687 g/mol. The molecule has 2 amide bonds. The zero-order valence-electron chi connectivity index (χ0n) is 26.2. The highest BCUT2D eigenvalue weighted by atomic mass is 35.5. The van der Waals surface area contributed by atoms with Crippen molar-refractivity contribution in [2.24, 2.45) is 0 Å². The number of nitro benzene ring substituents is 1. The second-order valence-corrected chi connectivity index (χ2v) is 11.7. The van der Waals surface area contributed by atoms with Crippen LogP contribution in [0.2, 0.25) is 5.02 Å². The number of likely N-dealkylation sites (tertiary alicyclic amines) is 1. The molecule has 1 aromatic carbocycles. The van der Waals surface area contributed by atoms with E-state index in [9.17, 15) is 32.9 Å². The molecule has 2 atom stereocenters. The van der Waals surface area contributed by atoms with Crippen LogP contribution in [0.5, 0.6) is 0 Å². The number of nitrogens with one attached hydrogen (secondary N) is 1. The molecule has 47 heavy (non-hydrogen) atoms. The molecule has 0 saturated carbocycles. The lowest BCUT2D eigenvalue weighted by Gasteiger charge is -2.38. The zero-order valence-corrected chi connectivity index (χ0v) is 27.0. The Hall–Kier alpha value is -4.09. The van der Waals surface area contributed by atoms with Crippen molar-refractivity contribution < 1.29 is 37.6 Å². The number of nitro groups is 1. The summed E-state index contributed by atoms with van der Waals surface area (Å²) < 4.78 is 31.7. The summed E-state index contributed by atoms with van der Waals surface area (Å²) in [6, 6.07) is 3.08. The SMILES string of the molecule is CNC(=O)C(c1cnc(N2CCCC2)nc1)N(CCN1CCCC(N(C)C)C1)C(=O)c1cc([N+](=O)[O-])ccc1Cl.O=C(O)C(F)(F)F. The predicted molar refractivity (Wildman–Crippen MR) is 166 cm³/mol. The zero-order chi connectivity index (χ0) is 34.9. The Morgan fingerprint density at radius 1 is 1.15 bits per heavy atom. The molecule has 0 radical (unpaired) electrons. The summed E-state index contributed by atoms with van der Waals surface area (Å²) in [6.07, 6.45) is 2.35. The van der Waals surface area contributed by atoms with Crippen molar-refractivity contribution in [3.8, 4) is 0 Å². The number of carbonyl (C=O) groups excluding carboxylic acids is 2. The molecular weight excluding hydrogens is 649 g/mol. The number of carboxylic acid groups (broad SMARTS) is 1. The third-order valence-electron chi connectivity index (χ3n) is 7.93. The molecule has 2 N–H and O–H groups in total. The Kier molecular flexibility index (Phi) is 13.2. The van der Waals surface area contributed by atoms with Crippen LogP contribution in [0.15, 0.2) is 30.6 Å². The summed E-state index contributed by atoms with van der Waals surface area (Å²) in [6.45, 7) is 4.18. The summed E-state index contributed by atoms with van der Waals surface area (Å²) in [4.78, 5) is 64.2. The Labute approximate surface area is 274 Å². The van der Waals surface area contributed by atoms with Gasteiger partial charge in [-0.25, -0.2) is 14.8 Å². The van der Waals surface area contributed by atoms with Crippen molar-refractivity contribution in [3.05, 3.63) is 56.9 Å². The van der Waals surface area contributed by atoms with Crippen LogP contribution in [-0.4, -0.2) is 125 Å². The van der Waals surface area contributed by atoms with Gasteiger partial charge in [0.25, 0.3) is 11.6 Å². The first-order chi connectivity index (χ1) is 22.1. The number of likely N-dealkylation sites (N-methyl/N-ethyl adjacent to an activating group) is 2. The molecular formula is C29H38ClF3N8O6. The van der Waals surface area contributed by atoms with Gasteiger partial charge in [0.1, 0.15) is 6.04 Å². The topological polar surface area (TPSA) is 165 Å². The number of benzene rings is 1. The van der Waals surface area contributed by atoms with Gasteiger partial charge in [-0.3, -0.25) is 19.7 Å². The van der Waals surface area contributed by atoms with Gasteiger partial charge in [0, 0.05) is 75.9 Å². The van der Waals surface area contributed by atoms with Gasteiger partial charge >= 0.3 is 12.1 Å². The number of halogens is 4. The average Bonchev–Trinajstić information content (AvgIpc) is 3.58. The van der Waals surface area contributed by atoms with Gasteiger partial charge < -0.3 is 30.0 Å². The predicted octanol–water partition coefficient (Wildman–Crippen LogP) is 3.23. The number of carbonyl (C=O) groups is 3. The first-order valence-corrected chi connectivity index (χ1v) is 15.2. The maximum Gasteiger partial charge on any atom is 0.490 e. The fourth-order valence-electron chi connectivity index (χ4n) is 5.36. The maximum absolute atomic E-state index is 14.1. The third kappa shape index (κ3) is 10.2. The molecule has 4 rings (SSSR count). The van der Waals surface area contributed by atoms with Crippen molar-refractivity contribution in [2.45, 2.75) is 43.9 Å². The number of amides is 2. The molecule has 2 aliphatic rings. The highest BCUT2D eigenvalue weighted by molar-refractivity contribution is 6.34. The van der Waals surface area contributed by atoms with Crippen LogP contribution >= 0.6 is 11.6 Å². The van der Waals surface area contributed by atoms with Crippen molar-refractivity contribution in [3.63, 3.8) is 0 Å². The molecule has 2 fully saturated rings. The van der Waals surface area contributed by atoms with E-state index in [-0.39, 0.29) is 22.8 Å². The molecule has 0 aliphatic carbocycles. The number of carboxylic acids is 1. The van der Waals surface area contributed by atoms with Crippen molar-refractivity contribution in [1.29, 1.82) is 0 Å². The van der Waals surface area contributed by atoms with Gasteiger partial charge in [0.15, 0.2) is 0 Å². The van der Waals surface area contributed by atoms with Crippen LogP contribution in [0, 0.1) is 10.1 Å². The quantitative estimate of drug-likeness (QED) is 0.278. The van der Waals surface area contributed by atoms with Crippen LogP contribution < -0.4 is 10.2 Å². The molecule has 14 nitrogen and oxygen atoms in total. The summed E-state index contributed by atoms with van der Waals surface area (Å²) in [5.41, 5.74) is 0.151. The number of alkyl halides is 3. The Balaban J connectivity index is 0.000000771. The van der Waals surface area contributed by atoms with Crippen molar-refractivity contribution in [1.82, 2.24) is 30.0 Å². The van der Waals surface area contributed by atoms with Crippen LogP contribution in [0.3, 0.4) is 0 Å². The van der Waals surface area contributed by atoms with E-state index in [0.717, 1.165) is 57.9 Å². The van der Waals surface area contributed by atoms with E-state index in [1.54, 1.807) is 12.4 Å².